The van der Waals surface area contributed by atoms with E-state index in [0.717, 1.165) is 49.4 Å². The van der Waals surface area contributed by atoms with Gasteiger partial charge in [0.05, 0.1) is 11.6 Å². The van der Waals surface area contributed by atoms with Crippen LogP contribution in [0.25, 0.3) is 11.3 Å². The van der Waals surface area contributed by atoms with Crippen LogP contribution in [0, 0.1) is 12.8 Å². The van der Waals surface area contributed by atoms with E-state index in [1.165, 1.54) is 6.42 Å². The molecule has 1 aliphatic rings. The number of pyridine rings is 1. The molecule has 0 spiro atoms. The molecule has 0 unspecified atom stereocenters. The molecule has 1 aliphatic heterocycles. The van der Waals surface area contributed by atoms with Crippen LogP contribution in [0.5, 0.6) is 0 Å². The number of hydrogen-bond acceptors (Lipinski definition) is 4. The molecule has 1 amide bonds. The van der Waals surface area contributed by atoms with E-state index in [0.29, 0.717) is 28.9 Å². The van der Waals surface area contributed by atoms with Gasteiger partial charge in [0.2, 0.25) is 0 Å². The molecule has 5 nitrogen and oxygen atoms in total. The van der Waals surface area contributed by atoms with Crippen LogP contribution in [-0.4, -0.2) is 46.4 Å². The number of rotatable bonds is 8. The zero-order valence-electron chi connectivity index (χ0n) is 20.3. The summed E-state index contributed by atoms with van der Waals surface area (Å²) in [5, 5.41) is 0.647. The quantitative estimate of drug-likeness (QED) is 0.372. The Balaban J connectivity index is 1.52. The van der Waals surface area contributed by atoms with Crippen molar-refractivity contribution in [3.8, 4) is 11.3 Å². The molecule has 0 aliphatic carbocycles. The normalized spacial score (nSPS) is 15.1. The van der Waals surface area contributed by atoms with Crippen LogP contribution in [-0.2, 0) is 6.54 Å². The Morgan fingerprint density at radius 3 is 2.59 bits per heavy atom. The molecule has 0 bridgehead atoms. The third-order valence-electron chi connectivity index (χ3n) is 6.54. The molecule has 2 aromatic heterocycles. The van der Waals surface area contributed by atoms with Gasteiger partial charge in [0.25, 0.3) is 5.91 Å². The molecule has 0 radical (unpaired) electrons. The number of benzene rings is 1. The minimum Gasteiger partial charge on any atom is -0.459 e. The van der Waals surface area contributed by atoms with Crippen LogP contribution in [0.2, 0.25) is 5.02 Å². The second-order valence-electron chi connectivity index (χ2n) is 9.65. The number of hydrogen-bond donors (Lipinski definition) is 0. The molecule has 6 heteroatoms. The molecular formula is C28H34ClN3O2. The fourth-order valence-corrected chi connectivity index (χ4v) is 4.67. The van der Waals surface area contributed by atoms with Gasteiger partial charge in [-0.3, -0.25) is 9.78 Å². The van der Waals surface area contributed by atoms with Gasteiger partial charge in [0.15, 0.2) is 0 Å². The molecule has 1 fully saturated rings. The fourth-order valence-electron chi connectivity index (χ4n) is 4.44. The standard InChI is InChI=1S/C28H34ClN3O2/c1-20(2)12-15-31-16-13-22(14-17-31)32(28(33)26-10-8-21(3)18-30-26)19-23-9-11-27(34-23)24-6-4-5-7-25(24)29/h4-11,18,20,22H,12-17,19H2,1-3H3. The number of amides is 1. The highest BCUT2D eigenvalue weighted by molar-refractivity contribution is 6.33. The van der Waals surface area contributed by atoms with E-state index in [1.807, 2.05) is 60.4 Å². The second-order valence-corrected chi connectivity index (χ2v) is 10.1. The largest absolute Gasteiger partial charge is 0.459 e. The first-order chi connectivity index (χ1) is 16.4. The lowest BCUT2D eigenvalue weighted by Gasteiger charge is -2.38. The van der Waals surface area contributed by atoms with Crippen molar-refractivity contribution in [2.24, 2.45) is 5.92 Å². The summed E-state index contributed by atoms with van der Waals surface area (Å²) in [7, 11) is 0. The van der Waals surface area contributed by atoms with E-state index in [9.17, 15) is 4.79 Å². The second kappa shape index (κ2) is 11.2. The third kappa shape index (κ3) is 6.08. The minimum atomic E-state index is -0.0451. The maximum atomic E-state index is 13.6. The highest BCUT2D eigenvalue weighted by Gasteiger charge is 2.30. The van der Waals surface area contributed by atoms with Gasteiger partial charge < -0.3 is 14.2 Å². The summed E-state index contributed by atoms with van der Waals surface area (Å²) in [4.78, 5) is 22.5. The van der Waals surface area contributed by atoms with E-state index < -0.39 is 0 Å². The Morgan fingerprint density at radius 2 is 1.91 bits per heavy atom. The summed E-state index contributed by atoms with van der Waals surface area (Å²) in [5.74, 6) is 2.12. The number of halogens is 1. The van der Waals surface area contributed by atoms with Gasteiger partial charge in [-0.05, 0) is 74.5 Å². The number of furan rings is 1. The van der Waals surface area contributed by atoms with Crippen molar-refractivity contribution < 1.29 is 9.21 Å². The summed E-state index contributed by atoms with van der Waals surface area (Å²) in [6.07, 6.45) is 4.86. The van der Waals surface area contributed by atoms with E-state index in [1.54, 1.807) is 6.20 Å². The Bertz CT molecular complexity index is 1090. The number of likely N-dealkylation sites (tertiary alicyclic amines) is 1. The lowest BCUT2D eigenvalue weighted by molar-refractivity contribution is 0.0522. The molecule has 1 saturated heterocycles. The van der Waals surface area contributed by atoms with Crippen molar-refractivity contribution in [1.82, 2.24) is 14.8 Å². The molecule has 0 atom stereocenters. The zero-order chi connectivity index (χ0) is 24.1. The predicted molar refractivity (Wildman–Crippen MR) is 137 cm³/mol. The number of carbonyl (C=O) groups is 1. The van der Waals surface area contributed by atoms with Crippen LogP contribution in [0.3, 0.4) is 0 Å². The number of aromatic nitrogens is 1. The summed E-state index contributed by atoms with van der Waals surface area (Å²) >= 11 is 6.36. The van der Waals surface area contributed by atoms with Crippen LogP contribution < -0.4 is 0 Å². The van der Waals surface area contributed by atoms with E-state index in [2.05, 4.69) is 23.7 Å². The molecule has 180 valence electrons. The van der Waals surface area contributed by atoms with E-state index in [-0.39, 0.29) is 11.9 Å². The first-order valence-corrected chi connectivity index (χ1v) is 12.6. The average molecular weight is 480 g/mol. The molecule has 0 saturated carbocycles. The number of aryl methyl sites for hydroxylation is 1. The summed E-state index contributed by atoms with van der Waals surface area (Å²) < 4.78 is 6.15. The summed E-state index contributed by atoms with van der Waals surface area (Å²) in [5.41, 5.74) is 2.37. The summed E-state index contributed by atoms with van der Waals surface area (Å²) in [6, 6.07) is 15.4. The van der Waals surface area contributed by atoms with Crippen LogP contribution in [0.4, 0.5) is 0 Å². The van der Waals surface area contributed by atoms with Crippen molar-refractivity contribution in [1.29, 1.82) is 0 Å². The van der Waals surface area contributed by atoms with Gasteiger partial charge in [-0.1, -0.05) is 43.6 Å². The van der Waals surface area contributed by atoms with Crippen LogP contribution in [0.15, 0.2) is 59.1 Å². The summed E-state index contributed by atoms with van der Waals surface area (Å²) in [6.45, 7) is 10.1. The van der Waals surface area contributed by atoms with Crippen LogP contribution >= 0.6 is 11.6 Å². The Hall–Kier alpha value is -2.63. The van der Waals surface area contributed by atoms with Gasteiger partial charge >= 0.3 is 0 Å². The topological polar surface area (TPSA) is 49.6 Å². The van der Waals surface area contributed by atoms with Crippen molar-refractivity contribution in [3.05, 3.63) is 76.8 Å². The first kappa shape index (κ1) is 24.5. The SMILES string of the molecule is Cc1ccc(C(=O)N(Cc2ccc(-c3ccccc3Cl)o2)C2CCN(CCC(C)C)CC2)nc1. The predicted octanol–water partition coefficient (Wildman–Crippen LogP) is 6.46. The smallest absolute Gasteiger partial charge is 0.273 e. The van der Waals surface area contributed by atoms with Crippen molar-refractivity contribution in [3.63, 3.8) is 0 Å². The number of piperidine rings is 1. The van der Waals surface area contributed by atoms with E-state index in [4.69, 9.17) is 16.0 Å². The number of carbonyl (C=O) groups excluding carboxylic acids is 1. The van der Waals surface area contributed by atoms with Crippen LogP contribution in [0.1, 0.15) is 54.9 Å². The molecule has 4 rings (SSSR count). The van der Waals surface area contributed by atoms with Gasteiger partial charge in [-0.2, -0.15) is 0 Å². The van der Waals surface area contributed by atoms with Gasteiger partial charge in [-0.25, -0.2) is 0 Å². The molecule has 1 aromatic carbocycles. The Labute approximate surface area is 207 Å². The van der Waals surface area contributed by atoms with Crippen molar-refractivity contribution >= 4 is 17.5 Å². The fraction of sp³-hybridized carbons (Fsp3) is 0.429. The van der Waals surface area contributed by atoms with Crippen molar-refractivity contribution in [2.45, 2.75) is 52.6 Å². The van der Waals surface area contributed by atoms with E-state index >= 15 is 0 Å². The maximum absolute atomic E-state index is 13.6. The van der Waals surface area contributed by atoms with Gasteiger partial charge in [0.1, 0.15) is 17.2 Å². The zero-order valence-corrected chi connectivity index (χ0v) is 21.1. The lowest BCUT2D eigenvalue weighted by Crippen LogP contribution is -2.47. The lowest BCUT2D eigenvalue weighted by atomic mass is 10.0. The molecule has 3 heterocycles. The highest BCUT2D eigenvalue weighted by Crippen LogP contribution is 2.30. The third-order valence-corrected chi connectivity index (χ3v) is 6.87. The minimum absolute atomic E-state index is 0.0451. The molecular weight excluding hydrogens is 446 g/mol. The van der Waals surface area contributed by atoms with Gasteiger partial charge in [0, 0.05) is 30.9 Å². The highest BCUT2D eigenvalue weighted by atomic mass is 35.5. The first-order valence-electron chi connectivity index (χ1n) is 12.2. The average Bonchev–Trinajstić information content (AvgIpc) is 3.30. The molecule has 3 aromatic rings. The maximum Gasteiger partial charge on any atom is 0.273 e. The molecule has 34 heavy (non-hydrogen) atoms. The Kier molecular flexibility index (Phi) is 8.07. The monoisotopic (exact) mass is 479 g/mol. The number of nitrogens with zero attached hydrogens (tertiary/aromatic N) is 3. The molecule has 0 N–H and O–H groups in total. The van der Waals surface area contributed by atoms with Gasteiger partial charge in [-0.15, -0.1) is 0 Å². The Morgan fingerprint density at radius 1 is 1.15 bits per heavy atom. The van der Waals surface area contributed by atoms with Crippen molar-refractivity contribution in [2.75, 3.05) is 19.6 Å².